The molecule has 5 rings (SSSR count). The van der Waals surface area contributed by atoms with Gasteiger partial charge < -0.3 is 48.8 Å². The fourth-order valence-corrected chi connectivity index (χ4v) is 5.79. The fourth-order valence-electron chi connectivity index (χ4n) is 5.79. The molecule has 0 atom stereocenters. The highest BCUT2D eigenvalue weighted by Gasteiger charge is 2.29. The Morgan fingerprint density at radius 1 is 0.909 bits per heavy atom. The maximum absolute atomic E-state index is 12.9. The van der Waals surface area contributed by atoms with Crippen LogP contribution in [0.15, 0.2) is 66.7 Å². The van der Waals surface area contributed by atoms with Gasteiger partial charge in [-0.25, -0.2) is 18.7 Å². The minimum atomic E-state index is -0.548. The van der Waals surface area contributed by atoms with Gasteiger partial charge in [-0.05, 0) is 69.0 Å². The number of halogens is 1. The zero-order chi connectivity index (χ0) is 30.6. The quantitative estimate of drug-likeness (QED) is 0.150. The SMILES string of the molecule is CCn1c(CNC(=O)OCC2c3ccccc3-c3ccccc32)[n+](CC)c2ccc(OCCNC(=O)OC(C)(C)C)cc21.[I-]. The molecule has 0 spiro atoms. The first-order valence-corrected chi connectivity index (χ1v) is 14.9. The van der Waals surface area contributed by atoms with E-state index in [9.17, 15) is 9.59 Å². The van der Waals surface area contributed by atoms with Gasteiger partial charge in [-0.2, -0.15) is 0 Å². The molecule has 1 aliphatic carbocycles. The summed E-state index contributed by atoms with van der Waals surface area (Å²) in [5, 5.41) is 5.69. The summed E-state index contributed by atoms with van der Waals surface area (Å²) in [6.45, 7) is 12.3. The number of fused-ring (bicyclic) bond motifs is 4. The van der Waals surface area contributed by atoms with E-state index < -0.39 is 17.8 Å². The van der Waals surface area contributed by atoms with Gasteiger partial charge in [0, 0.05) is 12.0 Å². The number of aryl methyl sites for hydroxylation is 2. The van der Waals surface area contributed by atoms with E-state index in [2.05, 4.69) is 57.9 Å². The number of benzene rings is 3. The summed E-state index contributed by atoms with van der Waals surface area (Å²) in [6.07, 6.45) is -0.914. The lowest BCUT2D eigenvalue weighted by Crippen LogP contribution is -3.00. The highest BCUT2D eigenvalue weighted by molar-refractivity contribution is 5.79. The third kappa shape index (κ3) is 7.28. The smallest absolute Gasteiger partial charge is 0.407 e. The molecule has 234 valence electrons. The van der Waals surface area contributed by atoms with Gasteiger partial charge in [-0.15, -0.1) is 0 Å². The summed E-state index contributed by atoms with van der Waals surface area (Å²) in [5.41, 5.74) is 6.28. The Bertz CT molecular complexity index is 1580. The van der Waals surface area contributed by atoms with E-state index in [1.807, 2.05) is 63.2 Å². The van der Waals surface area contributed by atoms with Gasteiger partial charge in [0.2, 0.25) is 0 Å². The van der Waals surface area contributed by atoms with Gasteiger partial charge in [0.05, 0.1) is 19.6 Å². The summed E-state index contributed by atoms with van der Waals surface area (Å²) in [4.78, 5) is 24.8. The van der Waals surface area contributed by atoms with Crippen molar-refractivity contribution in [2.45, 2.75) is 65.8 Å². The van der Waals surface area contributed by atoms with Gasteiger partial charge >= 0.3 is 12.2 Å². The number of hydrogen-bond acceptors (Lipinski definition) is 5. The van der Waals surface area contributed by atoms with Gasteiger partial charge in [0.25, 0.3) is 5.82 Å². The van der Waals surface area contributed by atoms with E-state index in [4.69, 9.17) is 14.2 Å². The number of aromatic nitrogens is 2. The standard InChI is InChI=1S/C34H40N4O5.HI/c1-6-37-29-17-16-23(41-19-18-35-33(40)43-34(3,4)5)20-30(29)38(7-2)31(37)21-36-32(39)42-22-28-26-14-10-8-12-24(26)25-13-9-11-15-27(25)28;/h8-17,20,28H,6-7,18-19,21-22H2,1-5H3,(H-,35,36,39,40);1H. The summed E-state index contributed by atoms with van der Waals surface area (Å²) in [6, 6.07) is 22.6. The maximum Gasteiger partial charge on any atom is 0.407 e. The highest BCUT2D eigenvalue weighted by atomic mass is 127. The lowest BCUT2D eigenvalue weighted by molar-refractivity contribution is -0.676. The fraction of sp³-hybridized carbons (Fsp3) is 0.382. The molecule has 1 heterocycles. The topological polar surface area (TPSA) is 94.7 Å². The van der Waals surface area contributed by atoms with Crippen molar-refractivity contribution in [3.63, 3.8) is 0 Å². The van der Waals surface area contributed by atoms with E-state index in [0.29, 0.717) is 25.4 Å². The number of nitrogens with one attached hydrogen (secondary N) is 2. The zero-order valence-electron chi connectivity index (χ0n) is 26.0. The normalized spacial score (nSPS) is 12.2. The molecule has 9 nitrogen and oxygen atoms in total. The molecule has 0 unspecified atom stereocenters. The molecule has 4 aromatic rings. The Kier molecular flexibility index (Phi) is 10.8. The van der Waals surface area contributed by atoms with E-state index in [1.54, 1.807) is 0 Å². The molecule has 2 N–H and O–H groups in total. The average molecular weight is 713 g/mol. The molecule has 0 aliphatic heterocycles. The molecule has 0 fully saturated rings. The van der Waals surface area contributed by atoms with Crippen molar-refractivity contribution in [1.29, 1.82) is 0 Å². The Labute approximate surface area is 275 Å². The second-order valence-electron chi connectivity index (χ2n) is 11.5. The highest BCUT2D eigenvalue weighted by Crippen LogP contribution is 2.44. The number of carbonyl (C=O) groups is 2. The molecule has 0 saturated carbocycles. The Hall–Kier alpha value is -3.80. The van der Waals surface area contributed by atoms with Crippen LogP contribution < -0.4 is 43.9 Å². The van der Waals surface area contributed by atoms with E-state index in [-0.39, 0.29) is 36.5 Å². The second kappa shape index (κ2) is 14.3. The number of ether oxygens (including phenoxy) is 3. The number of hydrogen-bond donors (Lipinski definition) is 2. The molecular formula is C34H41IN4O5. The molecule has 10 heteroatoms. The molecule has 44 heavy (non-hydrogen) atoms. The van der Waals surface area contributed by atoms with Crippen LogP contribution in [-0.4, -0.2) is 42.1 Å². The maximum atomic E-state index is 12.9. The van der Waals surface area contributed by atoms with E-state index in [0.717, 1.165) is 29.9 Å². The van der Waals surface area contributed by atoms with Crippen LogP contribution in [0.2, 0.25) is 0 Å². The first kappa shape index (κ1) is 33.1. The number of rotatable bonds is 10. The van der Waals surface area contributed by atoms with Crippen LogP contribution in [0, 0.1) is 0 Å². The number of amides is 2. The van der Waals surface area contributed by atoms with Gasteiger partial charge in [0.15, 0.2) is 11.0 Å². The Morgan fingerprint density at radius 3 is 2.18 bits per heavy atom. The van der Waals surface area contributed by atoms with Crippen LogP contribution in [0.4, 0.5) is 9.59 Å². The van der Waals surface area contributed by atoms with Gasteiger partial charge in [-0.1, -0.05) is 48.5 Å². The van der Waals surface area contributed by atoms with Crippen molar-refractivity contribution >= 4 is 23.2 Å². The van der Waals surface area contributed by atoms with Gasteiger partial charge in [-0.3, -0.25) is 0 Å². The van der Waals surface area contributed by atoms with Crippen LogP contribution in [0.5, 0.6) is 5.75 Å². The third-order valence-corrected chi connectivity index (χ3v) is 7.56. The van der Waals surface area contributed by atoms with Crippen LogP contribution in [0.3, 0.4) is 0 Å². The third-order valence-electron chi connectivity index (χ3n) is 7.56. The van der Waals surface area contributed by atoms with Gasteiger partial charge in [0.1, 0.15) is 31.1 Å². The molecule has 3 aromatic carbocycles. The van der Waals surface area contributed by atoms with E-state index >= 15 is 0 Å². The molecule has 1 aliphatic rings. The first-order chi connectivity index (χ1) is 20.7. The number of carbonyl (C=O) groups excluding carboxylic acids is 2. The van der Waals surface area contributed by atoms with Crippen LogP contribution in [0.25, 0.3) is 22.2 Å². The van der Waals surface area contributed by atoms with Crippen LogP contribution in [0.1, 0.15) is 57.5 Å². The molecule has 0 radical (unpaired) electrons. The first-order valence-electron chi connectivity index (χ1n) is 14.9. The van der Waals surface area contributed by atoms with Crippen LogP contribution >= 0.6 is 0 Å². The van der Waals surface area contributed by atoms with Crippen molar-refractivity contribution in [3.8, 4) is 16.9 Å². The average Bonchev–Trinajstić information content (AvgIpc) is 3.47. The molecule has 0 bridgehead atoms. The lowest BCUT2D eigenvalue weighted by atomic mass is 9.98. The number of alkyl carbamates (subject to hydrolysis) is 2. The minimum Gasteiger partial charge on any atom is -1.00 e. The lowest BCUT2D eigenvalue weighted by Gasteiger charge is -2.19. The Morgan fingerprint density at radius 2 is 1.57 bits per heavy atom. The number of nitrogens with zero attached hydrogens (tertiary/aromatic N) is 2. The van der Waals surface area contributed by atoms with Crippen molar-refractivity contribution in [2.24, 2.45) is 0 Å². The predicted molar refractivity (Wildman–Crippen MR) is 165 cm³/mol. The molecular weight excluding hydrogens is 671 g/mol. The van der Waals surface area contributed by atoms with Crippen molar-refractivity contribution < 1.29 is 52.3 Å². The molecule has 0 saturated heterocycles. The monoisotopic (exact) mass is 712 g/mol. The largest absolute Gasteiger partial charge is 1.00 e. The predicted octanol–water partition coefficient (Wildman–Crippen LogP) is 2.91. The zero-order valence-corrected chi connectivity index (χ0v) is 28.1. The van der Waals surface area contributed by atoms with Crippen molar-refractivity contribution in [1.82, 2.24) is 15.2 Å². The summed E-state index contributed by atoms with van der Waals surface area (Å²) >= 11 is 0. The van der Waals surface area contributed by atoms with E-state index in [1.165, 1.54) is 22.3 Å². The minimum absolute atomic E-state index is 0. The second-order valence-corrected chi connectivity index (χ2v) is 11.5. The summed E-state index contributed by atoms with van der Waals surface area (Å²) in [5.74, 6) is 1.68. The molecule has 1 aromatic heterocycles. The molecule has 2 amide bonds. The van der Waals surface area contributed by atoms with Crippen molar-refractivity contribution in [2.75, 3.05) is 19.8 Å². The van der Waals surface area contributed by atoms with Crippen LogP contribution in [-0.2, 0) is 29.1 Å². The Balaban J connectivity index is 0.00000442. The summed E-state index contributed by atoms with van der Waals surface area (Å²) in [7, 11) is 0. The number of imidazole rings is 1. The van der Waals surface area contributed by atoms with Crippen molar-refractivity contribution in [3.05, 3.63) is 83.7 Å². The summed E-state index contributed by atoms with van der Waals surface area (Å²) < 4.78 is 21.3.